The number of aryl methyl sites for hydroxylation is 1. The summed E-state index contributed by atoms with van der Waals surface area (Å²) in [6.45, 7) is 2.67. The monoisotopic (exact) mass is 254 g/mol. The normalized spacial score (nSPS) is 9.95. The molecule has 0 unspecified atom stereocenters. The van der Waals surface area contributed by atoms with Gasteiger partial charge in [0.15, 0.2) is 0 Å². The lowest BCUT2D eigenvalue weighted by molar-refractivity contribution is 0.629. The molecule has 2 aromatic carbocycles. The maximum absolute atomic E-state index is 13.6. The van der Waals surface area contributed by atoms with E-state index in [0.717, 1.165) is 12.0 Å². The van der Waals surface area contributed by atoms with Gasteiger partial charge >= 0.3 is 0 Å². The van der Waals surface area contributed by atoms with E-state index in [1.165, 1.54) is 11.6 Å². The smallest absolute Gasteiger partial charge is 0.147 e. The van der Waals surface area contributed by atoms with Crippen LogP contribution in [0.5, 0.6) is 0 Å². The summed E-state index contributed by atoms with van der Waals surface area (Å²) in [5, 5.41) is 11.7. The number of nitrogens with zero attached hydrogens (tertiary/aromatic N) is 1. The maximum Gasteiger partial charge on any atom is 0.147 e. The highest BCUT2D eigenvalue weighted by atomic mass is 19.1. The van der Waals surface area contributed by atoms with Gasteiger partial charge in [-0.2, -0.15) is 5.26 Å². The third-order valence-electron chi connectivity index (χ3n) is 3.01. The minimum Gasteiger partial charge on any atom is -0.379 e. The van der Waals surface area contributed by atoms with Crippen molar-refractivity contribution < 1.29 is 4.39 Å². The van der Waals surface area contributed by atoms with Crippen molar-refractivity contribution in [3.8, 4) is 6.07 Å². The molecule has 0 heterocycles. The van der Waals surface area contributed by atoms with Crippen LogP contribution < -0.4 is 5.32 Å². The van der Waals surface area contributed by atoms with Crippen LogP contribution in [0.1, 0.15) is 23.6 Å². The molecule has 0 fully saturated rings. The summed E-state index contributed by atoms with van der Waals surface area (Å²) in [4.78, 5) is 0. The molecule has 0 aromatic heterocycles. The molecule has 0 spiro atoms. The molecule has 1 N–H and O–H groups in total. The zero-order valence-electron chi connectivity index (χ0n) is 10.8. The molecule has 3 heteroatoms. The number of anilines is 1. The average molecular weight is 254 g/mol. The average Bonchev–Trinajstić information content (AvgIpc) is 2.46. The van der Waals surface area contributed by atoms with Gasteiger partial charge in [0.1, 0.15) is 5.82 Å². The summed E-state index contributed by atoms with van der Waals surface area (Å²) < 4.78 is 13.6. The molecule has 0 aliphatic carbocycles. The number of halogens is 1. The largest absolute Gasteiger partial charge is 0.379 e. The van der Waals surface area contributed by atoms with Crippen LogP contribution >= 0.6 is 0 Å². The van der Waals surface area contributed by atoms with E-state index in [9.17, 15) is 4.39 Å². The van der Waals surface area contributed by atoms with Gasteiger partial charge in [0.05, 0.1) is 17.3 Å². The molecule has 2 nitrogen and oxygen atoms in total. The quantitative estimate of drug-likeness (QED) is 0.899. The van der Waals surface area contributed by atoms with Crippen molar-refractivity contribution in [3.05, 3.63) is 65.0 Å². The highest BCUT2D eigenvalue weighted by molar-refractivity contribution is 5.49. The third-order valence-corrected chi connectivity index (χ3v) is 3.01. The fourth-order valence-corrected chi connectivity index (χ4v) is 1.82. The Labute approximate surface area is 112 Å². The summed E-state index contributed by atoms with van der Waals surface area (Å²) in [7, 11) is 0. The molecule has 2 rings (SSSR count). The second kappa shape index (κ2) is 6.01. The first-order chi connectivity index (χ1) is 9.22. The topological polar surface area (TPSA) is 35.8 Å². The van der Waals surface area contributed by atoms with E-state index >= 15 is 0 Å². The Kier molecular flexibility index (Phi) is 4.15. The molecule has 0 aliphatic rings. The van der Waals surface area contributed by atoms with Crippen molar-refractivity contribution in [3.63, 3.8) is 0 Å². The minimum absolute atomic E-state index is 0.329. The zero-order chi connectivity index (χ0) is 13.7. The van der Waals surface area contributed by atoms with Crippen LogP contribution in [-0.2, 0) is 13.0 Å². The Bertz CT molecular complexity index is 597. The van der Waals surface area contributed by atoms with Crippen molar-refractivity contribution in [2.75, 3.05) is 5.32 Å². The van der Waals surface area contributed by atoms with Gasteiger partial charge in [-0.15, -0.1) is 0 Å². The molecule has 0 aliphatic heterocycles. The van der Waals surface area contributed by atoms with Crippen molar-refractivity contribution in [2.45, 2.75) is 19.9 Å². The molecule has 0 saturated carbocycles. The highest BCUT2D eigenvalue weighted by Gasteiger charge is 2.03. The van der Waals surface area contributed by atoms with Gasteiger partial charge in [-0.3, -0.25) is 0 Å². The zero-order valence-corrected chi connectivity index (χ0v) is 10.8. The second-order valence-electron chi connectivity index (χ2n) is 4.33. The lowest BCUT2D eigenvalue weighted by Crippen LogP contribution is -2.01. The number of hydrogen-bond acceptors (Lipinski definition) is 2. The summed E-state index contributed by atoms with van der Waals surface area (Å²) in [5.41, 5.74) is 3.13. The third kappa shape index (κ3) is 3.32. The van der Waals surface area contributed by atoms with E-state index in [-0.39, 0.29) is 0 Å². The van der Waals surface area contributed by atoms with Crippen LogP contribution in [0.15, 0.2) is 42.5 Å². The SMILES string of the molecule is CCc1ccc(CNc2ccc(C#N)cc2F)cc1. The molecule has 0 saturated heterocycles. The van der Waals surface area contributed by atoms with Gasteiger partial charge in [0.25, 0.3) is 0 Å². The fraction of sp³-hybridized carbons (Fsp3) is 0.188. The molecule has 0 atom stereocenters. The van der Waals surface area contributed by atoms with E-state index in [1.54, 1.807) is 12.1 Å². The van der Waals surface area contributed by atoms with Crippen molar-refractivity contribution >= 4 is 5.69 Å². The van der Waals surface area contributed by atoms with Gasteiger partial charge in [-0.1, -0.05) is 31.2 Å². The van der Waals surface area contributed by atoms with E-state index in [4.69, 9.17) is 5.26 Å². The number of rotatable bonds is 4. The predicted octanol–water partition coefficient (Wildman–Crippen LogP) is 3.87. The van der Waals surface area contributed by atoms with E-state index in [2.05, 4.69) is 24.4 Å². The summed E-state index contributed by atoms with van der Waals surface area (Å²) in [6.07, 6.45) is 1.01. The van der Waals surface area contributed by atoms with Gasteiger partial charge in [0, 0.05) is 6.54 Å². The number of benzene rings is 2. The van der Waals surface area contributed by atoms with Crippen LogP contribution in [-0.4, -0.2) is 0 Å². The maximum atomic E-state index is 13.6. The van der Waals surface area contributed by atoms with Crippen LogP contribution in [0, 0.1) is 17.1 Å². The first-order valence-corrected chi connectivity index (χ1v) is 6.24. The van der Waals surface area contributed by atoms with Gasteiger partial charge in [-0.05, 0) is 35.7 Å². The van der Waals surface area contributed by atoms with E-state index in [0.29, 0.717) is 17.8 Å². The predicted molar refractivity (Wildman–Crippen MR) is 74.3 cm³/mol. The number of nitrogens with one attached hydrogen (secondary N) is 1. The number of hydrogen-bond donors (Lipinski definition) is 1. The molecule has 2 aromatic rings. The number of nitriles is 1. The second-order valence-corrected chi connectivity index (χ2v) is 4.33. The minimum atomic E-state index is -0.399. The van der Waals surface area contributed by atoms with Gasteiger partial charge in [0.2, 0.25) is 0 Å². The lowest BCUT2D eigenvalue weighted by atomic mass is 10.1. The molecular formula is C16H15FN2. The summed E-state index contributed by atoms with van der Waals surface area (Å²) >= 11 is 0. The van der Waals surface area contributed by atoms with Gasteiger partial charge in [-0.25, -0.2) is 4.39 Å². The summed E-state index contributed by atoms with van der Waals surface area (Å²) in [5.74, 6) is -0.399. The van der Waals surface area contributed by atoms with Crippen molar-refractivity contribution in [2.24, 2.45) is 0 Å². The Balaban J connectivity index is 2.04. The van der Waals surface area contributed by atoms with E-state index < -0.39 is 5.82 Å². The van der Waals surface area contributed by atoms with Crippen molar-refractivity contribution in [1.29, 1.82) is 5.26 Å². The lowest BCUT2D eigenvalue weighted by Gasteiger charge is -2.08. The first kappa shape index (κ1) is 13.1. The Hall–Kier alpha value is -2.34. The van der Waals surface area contributed by atoms with Crippen LogP contribution in [0.4, 0.5) is 10.1 Å². The first-order valence-electron chi connectivity index (χ1n) is 6.24. The molecular weight excluding hydrogens is 239 g/mol. The molecule has 0 bridgehead atoms. The Morgan fingerprint density at radius 1 is 1.11 bits per heavy atom. The van der Waals surface area contributed by atoms with E-state index in [1.807, 2.05) is 18.2 Å². The van der Waals surface area contributed by atoms with Crippen LogP contribution in [0.2, 0.25) is 0 Å². The summed E-state index contributed by atoms with van der Waals surface area (Å²) in [6, 6.07) is 14.6. The van der Waals surface area contributed by atoms with Crippen LogP contribution in [0.25, 0.3) is 0 Å². The molecule has 0 radical (unpaired) electrons. The molecule has 0 amide bonds. The Morgan fingerprint density at radius 2 is 1.79 bits per heavy atom. The van der Waals surface area contributed by atoms with Crippen molar-refractivity contribution in [1.82, 2.24) is 0 Å². The molecule has 19 heavy (non-hydrogen) atoms. The van der Waals surface area contributed by atoms with Crippen LogP contribution in [0.3, 0.4) is 0 Å². The van der Waals surface area contributed by atoms with Gasteiger partial charge < -0.3 is 5.32 Å². The standard InChI is InChI=1S/C16H15FN2/c1-2-12-3-5-13(6-4-12)11-19-16-8-7-14(10-18)9-15(16)17/h3-9,19H,2,11H2,1H3. The highest BCUT2D eigenvalue weighted by Crippen LogP contribution is 2.16. The molecule has 96 valence electrons. The fourth-order valence-electron chi connectivity index (χ4n) is 1.82. The Morgan fingerprint density at radius 3 is 2.37 bits per heavy atom.